The molecule has 0 bridgehead atoms. The fraction of sp³-hybridized carbons (Fsp3) is 0.250. The van der Waals surface area contributed by atoms with E-state index in [1.54, 1.807) is 12.2 Å². The van der Waals surface area contributed by atoms with Crippen LogP contribution in [0.5, 0.6) is 0 Å². The summed E-state index contributed by atoms with van der Waals surface area (Å²) in [7, 11) is 0. The van der Waals surface area contributed by atoms with Crippen molar-refractivity contribution in [2.75, 3.05) is 13.2 Å². The third kappa shape index (κ3) is 5.03. The van der Waals surface area contributed by atoms with E-state index in [9.17, 15) is 9.59 Å². The monoisotopic (exact) mass is 406 g/mol. The molecule has 0 N–H and O–H groups in total. The fourth-order valence-corrected chi connectivity index (χ4v) is 3.46. The average molecular weight is 406 g/mol. The van der Waals surface area contributed by atoms with Gasteiger partial charge >= 0.3 is 11.9 Å². The Kier molecular flexibility index (Phi) is 6.37. The van der Waals surface area contributed by atoms with Crippen LogP contribution in [0.25, 0.3) is 12.2 Å². The van der Waals surface area contributed by atoms with Crippen molar-refractivity contribution in [3.63, 3.8) is 0 Å². The first-order chi connectivity index (χ1) is 14.7. The van der Waals surface area contributed by atoms with Crippen molar-refractivity contribution < 1.29 is 28.5 Å². The van der Waals surface area contributed by atoms with E-state index in [4.69, 9.17) is 18.9 Å². The maximum Gasteiger partial charge on any atom is 0.331 e. The van der Waals surface area contributed by atoms with E-state index in [0.717, 1.165) is 11.1 Å². The number of ether oxygens (including phenoxy) is 4. The topological polar surface area (TPSA) is 71.1 Å². The largest absolute Gasteiger partial charge is 0.454 e. The van der Waals surface area contributed by atoms with E-state index in [0.29, 0.717) is 0 Å². The molecule has 0 spiro atoms. The van der Waals surface area contributed by atoms with Crippen LogP contribution < -0.4 is 0 Å². The van der Waals surface area contributed by atoms with Gasteiger partial charge in [-0.3, -0.25) is 0 Å². The highest BCUT2D eigenvalue weighted by molar-refractivity contribution is 5.87. The lowest BCUT2D eigenvalue weighted by Gasteiger charge is -2.16. The molecule has 2 aliphatic rings. The Bertz CT molecular complexity index is 844. The van der Waals surface area contributed by atoms with Gasteiger partial charge in [-0.2, -0.15) is 0 Å². The van der Waals surface area contributed by atoms with Crippen LogP contribution in [0.4, 0.5) is 0 Å². The number of hydrogen-bond acceptors (Lipinski definition) is 6. The summed E-state index contributed by atoms with van der Waals surface area (Å²) in [5, 5.41) is 0. The molecule has 6 nitrogen and oxygen atoms in total. The van der Waals surface area contributed by atoms with E-state index in [2.05, 4.69) is 0 Å². The van der Waals surface area contributed by atoms with Crippen LogP contribution in [-0.2, 0) is 28.5 Å². The van der Waals surface area contributed by atoms with Crippen molar-refractivity contribution in [1.29, 1.82) is 0 Å². The van der Waals surface area contributed by atoms with Gasteiger partial charge < -0.3 is 18.9 Å². The first kappa shape index (κ1) is 20.1. The molecule has 2 saturated heterocycles. The molecule has 0 aromatic heterocycles. The SMILES string of the molecule is O=C(/C=C/c1ccccc1)OC1CO[C@H]2[C@@H]1OC[C@H]2OC(=O)/C=C/c1ccccc1. The highest BCUT2D eigenvalue weighted by Crippen LogP contribution is 2.30. The fourth-order valence-electron chi connectivity index (χ4n) is 3.46. The van der Waals surface area contributed by atoms with E-state index in [1.807, 2.05) is 60.7 Å². The third-order valence-corrected chi connectivity index (χ3v) is 4.92. The van der Waals surface area contributed by atoms with Crippen LogP contribution >= 0.6 is 0 Å². The number of benzene rings is 2. The number of rotatable bonds is 6. The Morgan fingerprint density at radius 2 is 1.10 bits per heavy atom. The van der Waals surface area contributed by atoms with Crippen LogP contribution in [0, 0.1) is 0 Å². The summed E-state index contributed by atoms with van der Waals surface area (Å²) in [6.45, 7) is 0.405. The lowest BCUT2D eigenvalue weighted by atomic mass is 10.1. The van der Waals surface area contributed by atoms with E-state index < -0.39 is 36.4 Å². The van der Waals surface area contributed by atoms with Gasteiger partial charge in [0.2, 0.25) is 0 Å². The maximum absolute atomic E-state index is 12.1. The van der Waals surface area contributed by atoms with Gasteiger partial charge in [-0.15, -0.1) is 0 Å². The predicted molar refractivity (Wildman–Crippen MR) is 110 cm³/mol. The smallest absolute Gasteiger partial charge is 0.331 e. The minimum absolute atomic E-state index is 0.203. The first-order valence-corrected chi connectivity index (χ1v) is 9.80. The third-order valence-electron chi connectivity index (χ3n) is 4.92. The van der Waals surface area contributed by atoms with Gasteiger partial charge in [0, 0.05) is 12.2 Å². The molecule has 0 amide bonds. The van der Waals surface area contributed by atoms with Gasteiger partial charge in [-0.1, -0.05) is 60.7 Å². The summed E-state index contributed by atoms with van der Waals surface area (Å²) in [5.74, 6) is -0.939. The van der Waals surface area contributed by atoms with Gasteiger partial charge in [0.05, 0.1) is 13.2 Å². The summed E-state index contributed by atoms with van der Waals surface area (Å²) in [6.07, 6.45) is 4.17. The normalized spacial score (nSPS) is 25.5. The quantitative estimate of drug-likeness (QED) is 0.543. The van der Waals surface area contributed by atoms with Gasteiger partial charge in [0.25, 0.3) is 0 Å². The van der Waals surface area contributed by atoms with Gasteiger partial charge in [-0.25, -0.2) is 9.59 Å². The van der Waals surface area contributed by atoms with Gasteiger partial charge in [-0.05, 0) is 23.3 Å². The number of carbonyl (C=O) groups is 2. The molecule has 0 saturated carbocycles. The highest BCUT2D eigenvalue weighted by atomic mass is 16.7. The van der Waals surface area contributed by atoms with Crippen molar-refractivity contribution >= 4 is 24.1 Å². The van der Waals surface area contributed by atoms with Gasteiger partial charge in [0.15, 0.2) is 12.2 Å². The Hall–Kier alpha value is -3.22. The Labute approximate surface area is 174 Å². The van der Waals surface area contributed by atoms with Crippen molar-refractivity contribution in [2.45, 2.75) is 24.4 Å². The molecule has 2 aliphatic heterocycles. The molecule has 4 atom stereocenters. The van der Waals surface area contributed by atoms with E-state index in [-0.39, 0.29) is 13.2 Å². The molecule has 0 radical (unpaired) electrons. The standard InChI is InChI=1S/C24H22O6/c25-21(13-11-17-7-3-1-4-8-17)29-19-15-27-24-20(16-28-23(19)24)30-22(26)14-12-18-9-5-2-6-10-18/h1-14,19-20,23-24H,15-16H2/b13-11+,14-12+/t19-,20?,23-,24-/m1/s1. The molecular weight excluding hydrogens is 384 g/mol. The predicted octanol–water partition coefficient (Wildman–Crippen LogP) is 3.03. The van der Waals surface area contributed by atoms with Gasteiger partial charge in [0.1, 0.15) is 12.2 Å². The van der Waals surface area contributed by atoms with E-state index >= 15 is 0 Å². The molecule has 6 heteroatoms. The molecule has 2 fully saturated rings. The zero-order valence-corrected chi connectivity index (χ0v) is 16.3. The Morgan fingerprint density at radius 1 is 0.700 bits per heavy atom. The molecular formula is C24H22O6. The molecule has 2 aromatic carbocycles. The minimum Gasteiger partial charge on any atom is -0.454 e. The second kappa shape index (κ2) is 9.52. The zero-order chi connectivity index (χ0) is 20.8. The summed E-state index contributed by atoms with van der Waals surface area (Å²) in [4.78, 5) is 24.3. The number of carbonyl (C=O) groups excluding carboxylic acids is 2. The summed E-state index contributed by atoms with van der Waals surface area (Å²) in [5.41, 5.74) is 1.81. The second-order valence-corrected chi connectivity index (χ2v) is 7.03. The Balaban J connectivity index is 1.28. The zero-order valence-electron chi connectivity index (χ0n) is 16.3. The average Bonchev–Trinajstić information content (AvgIpc) is 3.36. The van der Waals surface area contributed by atoms with Crippen LogP contribution in [0.3, 0.4) is 0 Å². The van der Waals surface area contributed by atoms with Crippen LogP contribution in [0.1, 0.15) is 11.1 Å². The number of fused-ring (bicyclic) bond motifs is 1. The second-order valence-electron chi connectivity index (χ2n) is 7.03. The van der Waals surface area contributed by atoms with Crippen molar-refractivity contribution in [2.24, 2.45) is 0 Å². The lowest BCUT2D eigenvalue weighted by Crippen LogP contribution is -2.35. The van der Waals surface area contributed by atoms with Crippen molar-refractivity contribution in [1.82, 2.24) is 0 Å². The lowest BCUT2D eigenvalue weighted by molar-refractivity contribution is -0.149. The van der Waals surface area contributed by atoms with E-state index in [1.165, 1.54) is 12.2 Å². The molecule has 2 aromatic rings. The Morgan fingerprint density at radius 3 is 1.50 bits per heavy atom. The summed E-state index contributed by atoms with van der Waals surface area (Å²) < 4.78 is 22.4. The molecule has 0 aliphatic carbocycles. The maximum atomic E-state index is 12.1. The summed E-state index contributed by atoms with van der Waals surface area (Å²) >= 11 is 0. The molecule has 1 unspecified atom stereocenters. The minimum atomic E-state index is -0.536. The van der Waals surface area contributed by atoms with Crippen molar-refractivity contribution in [3.8, 4) is 0 Å². The van der Waals surface area contributed by atoms with Crippen LogP contribution in [0.15, 0.2) is 72.8 Å². The summed E-state index contributed by atoms with van der Waals surface area (Å²) in [6, 6.07) is 19.0. The van der Waals surface area contributed by atoms with Crippen LogP contribution in [0.2, 0.25) is 0 Å². The van der Waals surface area contributed by atoms with Crippen LogP contribution in [-0.4, -0.2) is 49.6 Å². The number of hydrogen-bond donors (Lipinski definition) is 0. The molecule has 2 heterocycles. The number of esters is 2. The molecule has 4 rings (SSSR count). The molecule has 154 valence electrons. The van der Waals surface area contributed by atoms with Crippen molar-refractivity contribution in [3.05, 3.63) is 83.9 Å². The highest BCUT2D eigenvalue weighted by Gasteiger charge is 2.50. The first-order valence-electron chi connectivity index (χ1n) is 9.80. The molecule has 30 heavy (non-hydrogen) atoms.